The van der Waals surface area contributed by atoms with Gasteiger partial charge in [0.15, 0.2) is 11.5 Å². The summed E-state index contributed by atoms with van der Waals surface area (Å²) in [5.41, 5.74) is 2.93. The van der Waals surface area contributed by atoms with Gasteiger partial charge < -0.3 is 19.9 Å². The summed E-state index contributed by atoms with van der Waals surface area (Å²) in [4.78, 5) is 15.7. The second-order valence-electron chi connectivity index (χ2n) is 9.11. The summed E-state index contributed by atoms with van der Waals surface area (Å²) in [5.74, 6) is 1.32. The van der Waals surface area contributed by atoms with Crippen molar-refractivity contribution in [1.29, 1.82) is 0 Å². The van der Waals surface area contributed by atoms with E-state index in [1.807, 2.05) is 11.0 Å². The van der Waals surface area contributed by atoms with Crippen molar-refractivity contribution in [2.24, 2.45) is 0 Å². The molecule has 0 unspecified atom stereocenters. The molecule has 198 valence electrons. The van der Waals surface area contributed by atoms with E-state index in [0.717, 1.165) is 12.1 Å². The molecule has 37 heavy (non-hydrogen) atoms. The van der Waals surface area contributed by atoms with Crippen LogP contribution >= 0.6 is 0 Å². The first kappa shape index (κ1) is 25.2. The van der Waals surface area contributed by atoms with Gasteiger partial charge in [-0.15, -0.1) is 5.10 Å². The van der Waals surface area contributed by atoms with Gasteiger partial charge in [0.05, 0.1) is 24.9 Å². The molecule has 0 amide bonds. The topological polar surface area (TPSA) is 97.4 Å². The van der Waals surface area contributed by atoms with Gasteiger partial charge in [-0.3, -0.25) is 4.90 Å². The molecule has 1 aliphatic heterocycles. The van der Waals surface area contributed by atoms with Crippen LogP contribution in [0.3, 0.4) is 0 Å². The van der Waals surface area contributed by atoms with Crippen molar-refractivity contribution in [3.8, 4) is 11.3 Å². The van der Waals surface area contributed by atoms with E-state index >= 15 is 0 Å². The van der Waals surface area contributed by atoms with Crippen molar-refractivity contribution in [2.45, 2.75) is 38.5 Å². The molecule has 0 radical (unpaired) electrons. The summed E-state index contributed by atoms with van der Waals surface area (Å²) in [6, 6.07) is 5.01. The van der Waals surface area contributed by atoms with Crippen LogP contribution in [0.5, 0.6) is 0 Å². The number of halogens is 3. The monoisotopic (exact) mass is 517 g/mol. The number of likely N-dealkylation sites (tertiary alicyclic amines) is 1. The smallest absolute Gasteiger partial charge is 0.256 e. The summed E-state index contributed by atoms with van der Waals surface area (Å²) in [6.07, 6.45) is -1.20. The van der Waals surface area contributed by atoms with Crippen molar-refractivity contribution in [3.05, 3.63) is 30.2 Å². The number of aryl methyl sites for hydroxylation is 1. The number of nitrogens with zero attached hydrogens (tertiary/aromatic N) is 7. The fourth-order valence-electron chi connectivity index (χ4n) is 4.81. The van der Waals surface area contributed by atoms with Gasteiger partial charge in [-0.2, -0.15) is 4.98 Å². The molecule has 4 aromatic rings. The predicted molar refractivity (Wildman–Crippen MR) is 135 cm³/mol. The molecule has 10 nitrogen and oxygen atoms in total. The normalized spacial score (nSPS) is 18.8. The maximum absolute atomic E-state index is 14.9. The van der Waals surface area contributed by atoms with Gasteiger partial charge >= 0.3 is 0 Å². The number of pyridine rings is 1. The number of piperidine rings is 1. The zero-order valence-electron chi connectivity index (χ0n) is 21.0. The number of ether oxygens (including phenoxy) is 1. The van der Waals surface area contributed by atoms with E-state index in [1.165, 1.54) is 4.57 Å². The van der Waals surface area contributed by atoms with Crippen LogP contribution in [0.25, 0.3) is 27.9 Å². The quantitative estimate of drug-likeness (QED) is 0.349. The van der Waals surface area contributed by atoms with Gasteiger partial charge in [-0.05, 0) is 31.5 Å². The lowest BCUT2D eigenvalue weighted by Crippen LogP contribution is -2.48. The van der Waals surface area contributed by atoms with E-state index in [2.05, 4.69) is 30.7 Å². The average Bonchev–Trinajstić information content (AvgIpc) is 3.44. The van der Waals surface area contributed by atoms with Crippen molar-refractivity contribution in [1.82, 2.24) is 34.0 Å². The van der Waals surface area contributed by atoms with Gasteiger partial charge in [0.1, 0.15) is 23.0 Å². The van der Waals surface area contributed by atoms with Crippen LogP contribution in [-0.4, -0.2) is 93.1 Å². The lowest BCUT2D eigenvalue weighted by atomic mass is 10.0. The Morgan fingerprint density at radius 1 is 1.19 bits per heavy atom. The second kappa shape index (κ2) is 10.5. The van der Waals surface area contributed by atoms with E-state index in [4.69, 9.17) is 4.74 Å². The molecule has 13 heteroatoms. The maximum atomic E-state index is 14.9. The van der Waals surface area contributed by atoms with E-state index in [1.54, 1.807) is 43.9 Å². The van der Waals surface area contributed by atoms with Crippen molar-refractivity contribution < 1.29 is 17.9 Å². The molecule has 0 aliphatic carbocycles. The third-order valence-electron chi connectivity index (χ3n) is 6.68. The zero-order chi connectivity index (χ0) is 26.1. The van der Waals surface area contributed by atoms with E-state index in [-0.39, 0.29) is 0 Å². The Kier molecular flexibility index (Phi) is 7.15. The number of anilines is 2. The first-order valence-electron chi connectivity index (χ1n) is 12.2. The molecule has 2 N–H and O–H groups in total. The van der Waals surface area contributed by atoms with Crippen LogP contribution in [0.4, 0.5) is 24.9 Å². The van der Waals surface area contributed by atoms with Crippen LogP contribution in [-0.2, 0) is 11.3 Å². The lowest BCUT2D eigenvalue weighted by Gasteiger charge is -2.34. The molecule has 0 bridgehead atoms. The number of methoxy groups -OCH3 is 1. The molecule has 1 aliphatic rings. The minimum atomic E-state index is -2.52. The van der Waals surface area contributed by atoms with Crippen molar-refractivity contribution in [3.63, 3.8) is 0 Å². The number of alkyl halides is 3. The second-order valence-corrected chi connectivity index (χ2v) is 9.11. The minimum Gasteiger partial charge on any atom is -0.383 e. The Morgan fingerprint density at radius 3 is 2.76 bits per heavy atom. The SMILES string of the molecule is CNc1nc(N[C@@H]2CCN(CCOC)C[C@H]2F)nn2ccc(-c3ccc4nc(C)n(CC(F)F)c4n3)c12. The molecule has 0 saturated carbocycles. The van der Waals surface area contributed by atoms with Crippen LogP contribution in [0.1, 0.15) is 12.2 Å². The summed E-state index contributed by atoms with van der Waals surface area (Å²) in [5, 5.41) is 10.8. The molecular formula is C24H30F3N9O. The molecule has 1 fully saturated rings. The summed E-state index contributed by atoms with van der Waals surface area (Å²) < 4.78 is 49.4. The molecular weight excluding hydrogens is 487 g/mol. The Hall–Kier alpha value is -3.45. The zero-order valence-corrected chi connectivity index (χ0v) is 21.0. The van der Waals surface area contributed by atoms with E-state index in [0.29, 0.717) is 66.1 Å². The van der Waals surface area contributed by atoms with Gasteiger partial charge in [0.2, 0.25) is 5.95 Å². The summed E-state index contributed by atoms with van der Waals surface area (Å²) >= 11 is 0. The fourth-order valence-corrected chi connectivity index (χ4v) is 4.81. The number of hydrogen-bond donors (Lipinski definition) is 2. The molecule has 0 aromatic carbocycles. The van der Waals surface area contributed by atoms with Crippen LogP contribution in [0, 0.1) is 6.92 Å². The largest absolute Gasteiger partial charge is 0.383 e. The van der Waals surface area contributed by atoms with Crippen molar-refractivity contribution in [2.75, 3.05) is 51.0 Å². The summed E-state index contributed by atoms with van der Waals surface area (Å²) in [6.45, 7) is 3.56. The van der Waals surface area contributed by atoms with Gasteiger partial charge in [0, 0.05) is 45.6 Å². The Bertz CT molecular complexity index is 1390. The minimum absolute atomic E-state index is 0.311. The van der Waals surface area contributed by atoms with Crippen LogP contribution < -0.4 is 10.6 Å². The predicted octanol–water partition coefficient (Wildman–Crippen LogP) is 3.23. The summed E-state index contributed by atoms with van der Waals surface area (Å²) in [7, 11) is 3.38. The molecule has 0 spiro atoms. The van der Waals surface area contributed by atoms with E-state index < -0.39 is 25.2 Å². The highest BCUT2D eigenvalue weighted by molar-refractivity contribution is 5.89. The Balaban J connectivity index is 1.44. The fraction of sp³-hybridized carbons (Fsp3) is 0.500. The highest BCUT2D eigenvalue weighted by atomic mass is 19.3. The first-order chi connectivity index (χ1) is 17.9. The Labute approximate surface area is 211 Å². The molecule has 5 heterocycles. The average molecular weight is 518 g/mol. The van der Waals surface area contributed by atoms with Gasteiger partial charge in [0.25, 0.3) is 6.43 Å². The number of rotatable bonds is 9. The lowest BCUT2D eigenvalue weighted by molar-refractivity contribution is 0.0918. The standard InChI is InChI=1S/C24H30F3N9O/c1-14-29-19-5-4-17(30-23(19)35(14)13-20(26)27)15-6-9-36-21(15)22(28-2)32-24(33-36)31-18-7-8-34(10-11-37-3)12-16(18)25/h4-6,9,16,18,20H,7-8,10-13H2,1-3H3,(H2,28,31,32,33)/t16-,18-/m1/s1. The highest BCUT2D eigenvalue weighted by Crippen LogP contribution is 2.31. The third kappa shape index (κ3) is 5.05. The number of nitrogens with one attached hydrogen (secondary N) is 2. The van der Waals surface area contributed by atoms with Gasteiger partial charge in [-0.25, -0.2) is 27.7 Å². The van der Waals surface area contributed by atoms with Crippen LogP contribution in [0.2, 0.25) is 0 Å². The van der Waals surface area contributed by atoms with Gasteiger partial charge in [-0.1, -0.05) is 0 Å². The molecule has 2 atom stereocenters. The van der Waals surface area contributed by atoms with Crippen molar-refractivity contribution >= 4 is 28.4 Å². The van der Waals surface area contributed by atoms with Crippen LogP contribution in [0.15, 0.2) is 24.4 Å². The molecule has 1 saturated heterocycles. The number of imidazole rings is 1. The first-order valence-corrected chi connectivity index (χ1v) is 12.2. The number of aromatic nitrogens is 6. The third-order valence-corrected chi connectivity index (χ3v) is 6.68. The Morgan fingerprint density at radius 2 is 2.03 bits per heavy atom. The number of hydrogen-bond acceptors (Lipinski definition) is 8. The molecule has 4 aromatic heterocycles. The maximum Gasteiger partial charge on any atom is 0.256 e. The number of fused-ring (bicyclic) bond motifs is 2. The van der Waals surface area contributed by atoms with E-state index in [9.17, 15) is 13.2 Å². The highest BCUT2D eigenvalue weighted by Gasteiger charge is 2.30. The molecule has 5 rings (SSSR count).